The van der Waals surface area contributed by atoms with Gasteiger partial charge in [0, 0.05) is 26.1 Å². The van der Waals surface area contributed by atoms with E-state index in [-0.39, 0.29) is 6.10 Å². The number of nitrogens with zero attached hydrogens (tertiary/aromatic N) is 2. The summed E-state index contributed by atoms with van der Waals surface area (Å²) < 4.78 is 11.3. The summed E-state index contributed by atoms with van der Waals surface area (Å²) in [6.45, 7) is 4.22. The molecule has 0 bridgehead atoms. The van der Waals surface area contributed by atoms with Crippen LogP contribution in [0.15, 0.2) is 29.4 Å². The first-order valence-corrected chi connectivity index (χ1v) is 7.33. The number of morpholine rings is 1. The third kappa shape index (κ3) is 3.46. The smallest absolute Gasteiger partial charge is 0.166 e. The van der Waals surface area contributed by atoms with Gasteiger partial charge >= 0.3 is 0 Å². The van der Waals surface area contributed by atoms with Crippen LogP contribution < -0.4 is 15.4 Å². The van der Waals surface area contributed by atoms with E-state index in [1.165, 1.54) is 0 Å². The lowest BCUT2D eigenvalue weighted by molar-refractivity contribution is 0.0471. The van der Waals surface area contributed by atoms with Crippen molar-refractivity contribution in [1.29, 1.82) is 0 Å². The molecule has 1 aromatic rings. The van der Waals surface area contributed by atoms with Crippen LogP contribution in [0, 0.1) is 0 Å². The van der Waals surface area contributed by atoms with E-state index in [1.807, 2.05) is 18.2 Å². The molecule has 2 aliphatic heterocycles. The molecule has 1 atom stereocenters. The predicted molar refractivity (Wildman–Crippen MR) is 80.9 cm³/mol. The van der Waals surface area contributed by atoms with E-state index in [1.54, 1.807) is 0 Å². The zero-order chi connectivity index (χ0) is 14.5. The number of ether oxygens (including phenoxy) is 2. The minimum atomic E-state index is -0.0405. The standard InChI is InChI=1S/C15H21N3O3/c16-10-12-9-13(21-17-12)11-20-15-4-2-1-3-14(15)18-5-7-19-8-6-18/h1-4,13H,5-11,16H2. The van der Waals surface area contributed by atoms with Crippen molar-refractivity contribution in [1.82, 2.24) is 0 Å². The highest BCUT2D eigenvalue weighted by molar-refractivity contribution is 5.87. The Morgan fingerprint density at radius 1 is 1.29 bits per heavy atom. The fourth-order valence-electron chi connectivity index (χ4n) is 2.52. The van der Waals surface area contributed by atoms with Gasteiger partial charge in [0.05, 0.1) is 24.6 Å². The van der Waals surface area contributed by atoms with Gasteiger partial charge in [-0.3, -0.25) is 0 Å². The van der Waals surface area contributed by atoms with E-state index >= 15 is 0 Å². The van der Waals surface area contributed by atoms with Crippen molar-refractivity contribution < 1.29 is 14.3 Å². The van der Waals surface area contributed by atoms with Gasteiger partial charge in [0.25, 0.3) is 0 Å². The maximum absolute atomic E-state index is 5.95. The number of benzene rings is 1. The minimum absolute atomic E-state index is 0.0405. The molecule has 0 spiro atoms. The largest absolute Gasteiger partial charge is 0.487 e. The van der Waals surface area contributed by atoms with Crippen molar-refractivity contribution in [2.24, 2.45) is 10.9 Å². The van der Waals surface area contributed by atoms with Crippen molar-refractivity contribution >= 4 is 11.4 Å². The molecule has 2 N–H and O–H groups in total. The zero-order valence-electron chi connectivity index (χ0n) is 12.0. The number of nitrogens with two attached hydrogens (primary N) is 1. The minimum Gasteiger partial charge on any atom is -0.487 e. The van der Waals surface area contributed by atoms with Gasteiger partial charge < -0.3 is 24.9 Å². The lowest BCUT2D eigenvalue weighted by Gasteiger charge is -2.30. The summed E-state index contributed by atoms with van der Waals surface area (Å²) in [6.07, 6.45) is 0.706. The molecule has 6 nitrogen and oxygen atoms in total. The van der Waals surface area contributed by atoms with E-state index in [0.717, 1.165) is 49.9 Å². The molecular weight excluding hydrogens is 270 g/mol. The van der Waals surface area contributed by atoms with Crippen LogP contribution >= 0.6 is 0 Å². The van der Waals surface area contributed by atoms with Crippen LogP contribution in [0.3, 0.4) is 0 Å². The predicted octanol–water partition coefficient (Wildman–Crippen LogP) is 1.01. The van der Waals surface area contributed by atoms with Crippen molar-refractivity contribution in [3.63, 3.8) is 0 Å². The van der Waals surface area contributed by atoms with Gasteiger partial charge in [-0.2, -0.15) is 0 Å². The van der Waals surface area contributed by atoms with Crippen LogP contribution in [0.1, 0.15) is 6.42 Å². The van der Waals surface area contributed by atoms with E-state index in [2.05, 4.69) is 16.1 Å². The van der Waals surface area contributed by atoms with Gasteiger partial charge in [-0.15, -0.1) is 0 Å². The Labute approximate surface area is 124 Å². The molecule has 114 valence electrons. The summed E-state index contributed by atoms with van der Waals surface area (Å²) in [6, 6.07) is 8.08. The molecule has 1 saturated heterocycles. The average Bonchev–Trinajstić information content (AvgIpc) is 3.02. The maximum Gasteiger partial charge on any atom is 0.166 e. The Bertz CT molecular complexity index is 501. The highest BCUT2D eigenvalue weighted by Gasteiger charge is 2.22. The van der Waals surface area contributed by atoms with Gasteiger partial charge in [0.15, 0.2) is 6.10 Å². The van der Waals surface area contributed by atoms with Crippen LogP contribution in [0.5, 0.6) is 5.75 Å². The average molecular weight is 291 g/mol. The Kier molecular flexibility index (Phi) is 4.57. The normalized spacial score (nSPS) is 21.9. The Hall–Kier alpha value is -1.79. The molecule has 3 rings (SSSR count). The van der Waals surface area contributed by atoms with Gasteiger partial charge in [-0.05, 0) is 12.1 Å². The summed E-state index contributed by atoms with van der Waals surface area (Å²) in [5, 5.41) is 3.94. The Morgan fingerprint density at radius 2 is 2.10 bits per heavy atom. The highest BCUT2D eigenvalue weighted by Crippen LogP contribution is 2.29. The van der Waals surface area contributed by atoms with Gasteiger partial charge in [0.1, 0.15) is 12.4 Å². The van der Waals surface area contributed by atoms with E-state index < -0.39 is 0 Å². The Balaban J connectivity index is 1.60. The van der Waals surface area contributed by atoms with E-state index in [0.29, 0.717) is 13.2 Å². The molecule has 0 radical (unpaired) electrons. The number of oxime groups is 1. The van der Waals surface area contributed by atoms with Gasteiger partial charge in [0.2, 0.25) is 0 Å². The molecule has 0 saturated carbocycles. The quantitative estimate of drug-likeness (QED) is 0.876. The first kappa shape index (κ1) is 14.2. The summed E-state index contributed by atoms with van der Waals surface area (Å²) in [7, 11) is 0. The fraction of sp³-hybridized carbons (Fsp3) is 0.533. The van der Waals surface area contributed by atoms with Crippen LogP contribution in [-0.2, 0) is 9.57 Å². The molecule has 0 amide bonds. The van der Waals surface area contributed by atoms with E-state index in [4.69, 9.17) is 20.0 Å². The molecule has 0 aliphatic carbocycles. The summed E-state index contributed by atoms with van der Waals surface area (Å²) in [5.74, 6) is 0.879. The van der Waals surface area contributed by atoms with E-state index in [9.17, 15) is 0 Å². The number of hydrogen-bond acceptors (Lipinski definition) is 6. The Morgan fingerprint density at radius 3 is 2.86 bits per heavy atom. The second-order valence-corrected chi connectivity index (χ2v) is 5.17. The topological polar surface area (TPSA) is 69.3 Å². The monoisotopic (exact) mass is 291 g/mol. The SMILES string of the molecule is NCC1=NOC(COc2ccccc2N2CCOCC2)C1. The molecule has 6 heteroatoms. The first-order chi connectivity index (χ1) is 10.4. The third-order valence-electron chi connectivity index (χ3n) is 3.67. The van der Waals surface area contributed by atoms with Crippen LogP contribution in [-0.4, -0.2) is 51.3 Å². The molecular formula is C15H21N3O3. The van der Waals surface area contributed by atoms with Gasteiger partial charge in [-0.1, -0.05) is 17.3 Å². The van der Waals surface area contributed by atoms with Crippen LogP contribution in [0.4, 0.5) is 5.69 Å². The number of anilines is 1. The lowest BCUT2D eigenvalue weighted by atomic mass is 10.2. The third-order valence-corrected chi connectivity index (χ3v) is 3.67. The number of para-hydroxylation sites is 2. The summed E-state index contributed by atoms with van der Waals surface area (Å²) >= 11 is 0. The van der Waals surface area contributed by atoms with Crippen molar-refractivity contribution in [2.75, 3.05) is 44.4 Å². The number of rotatable bonds is 5. The molecule has 21 heavy (non-hydrogen) atoms. The summed E-state index contributed by atoms with van der Waals surface area (Å²) in [5.41, 5.74) is 7.56. The fourth-order valence-corrected chi connectivity index (χ4v) is 2.52. The molecule has 2 aliphatic rings. The summed E-state index contributed by atoms with van der Waals surface area (Å²) in [4.78, 5) is 7.60. The maximum atomic E-state index is 5.95. The molecule has 0 aromatic heterocycles. The second kappa shape index (κ2) is 6.78. The van der Waals surface area contributed by atoms with Crippen LogP contribution in [0.2, 0.25) is 0 Å². The van der Waals surface area contributed by atoms with Gasteiger partial charge in [-0.25, -0.2) is 0 Å². The number of hydrogen-bond donors (Lipinski definition) is 1. The zero-order valence-corrected chi connectivity index (χ0v) is 12.0. The second-order valence-electron chi connectivity index (χ2n) is 5.17. The lowest BCUT2D eigenvalue weighted by Crippen LogP contribution is -2.36. The van der Waals surface area contributed by atoms with Crippen LogP contribution in [0.25, 0.3) is 0 Å². The van der Waals surface area contributed by atoms with Crippen molar-refractivity contribution in [2.45, 2.75) is 12.5 Å². The molecule has 2 heterocycles. The molecule has 1 unspecified atom stereocenters. The molecule has 1 aromatic carbocycles. The highest BCUT2D eigenvalue weighted by atomic mass is 16.7. The van der Waals surface area contributed by atoms with Crippen molar-refractivity contribution in [3.05, 3.63) is 24.3 Å². The first-order valence-electron chi connectivity index (χ1n) is 7.33. The van der Waals surface area contributed by atoms with Crippen molar-refractivity contribution in [3.8, 4) is 5.75 Å². The molecule has 1 fully saturated rings.